The minimum absolute atomic E-state index is 0.0200. The Labute approximate surface area is 292 Å². The number of fused-ring (bicyclic) bond motifs is 2. The number of methoxy groups -OCH3 is 4. The van der Waals surface area contributed by atoms with Crippen molar-refractivity contribution in [2.45, 2.75) is 133 Å². The van der Waals surface area contributed by atoms with Crippen molar-refractivity contribution >= 4 is 8.60 Å². The van der Waals surface area contributed by atoms with Gasteiger partial charge in [-0.1, -0.05) is 107 Å². The van der Waals surface area contributed by atoms with Crippen LogP contribution in [-0.2, 0) is 37.3 Å². The topological polar surface area (TPSA) is 73.8 Å². The van der Waals surface area contributed by atoms with Gasteiger partial charge >= 0.3 is 8.60 Å². The summed E-state index contributed by atoms with van der Waals surface area (Å²) in [5.41, 5.74) is 6.92. The molecule has 4 rings (SSSR count). The van der Waals surface area contributed by atoms with Crippen LogP contribution in [0.4, 0.5) is 0 Å². The van der Waals surface area contributed by atoms with Crippen LogP contribution >= 0.6 is 8.60 Å². The maximum Gasteiger partial charge on any atom is 0.400 e. The van der Waals surface area contributed by atoms with Crippen LogP contribution in [0.1, 0.15) is 95.9 Å². The molecule has 3 unspecified atom stereocenters. The number of hydrogen-bond donors (Lipinski definition) is 0. The second-order valence-electron chi connectivity index (χ2n) is 17.6. The van der Waals surface area contributed by atoms with Gasteiger partial charge in [-0.3, -0.25) is 9.05 Å². The van der Waals surface area contributed by atoms with Crippen molar-refractivity contribution in [3.8, 4) is 0 Å². The molecule has 1 fully saturated rings. The summed E-state index contributed by atoms with van der Waals surface area (Å²) >= 11 is 0. The monoisotopic (exact) mass is 690 g/mol. The lowest BCUT2D eigenvalue weighted by Crippen LogP contribution is -2.61. The van der Waals surface area contributed by atoms with Gasteiger partial charge in [0.15, 0.2) is 6.29 Å². The van der Waals surface area contributed by atoms with Crippen LogP contribution in [0.15, 0.2) is 57.4 Å². The fraction of sp³-hybridized carbons (Fsp3) is 0.744. The third-order valence-electron chi connectivity index (χ3n) is 9.73. The van der Waals surface area contributed by atoms with Crippen molar-refractivity contribution in [1.82, 2.24) is 0 Å². The summed E-state index contributed by atoms with van der Waals surface area (Å²) < 4.78 is 50.8. The average molecular weight is 691 g/mol. The van der Waals surface area contributed by atoms with Crippen molar-refractivity contribution in [2.75, 3.05) is 35.0 Å². The lowest BCUT2D eigenvalue weighted by atomic mass is 9.69. The Kier molecular flexibility index (Phi) is 12.1. The summed E-state index contributed by atoms with van der Waals surface area (Å²) in [5.74, 6) is 0.852. The molecule has 9 heteroatoms. The number of rotatable bonds is 7. The SMILES string of the molecule is COC[C@H]1OC(OP2OC(C(C)(C)C)=C3C=C(C(C)(C)C)CC/C3=C3\C=C(C(C)(C)C)C=C(C(C)(C)C)C3O2)[C@H](OC)[C@@H](OC)[C@@H]1OC. The predicted molar refractivity (Wildman–Crippen MR) is 192 cm³/mol. The Morgan fingerprint density at radius 1 is 0.708 bits per heavy atom. The number of hydrogen-bond acceptors (Lipinski definition) is 8. The number of ether oxygens (including phenoxy) is 5. The van der Waals surface area contributed by atoms with E-state index in [1.807, 2.05) is 0 Å². The fourth-order valence-corrected chi connectivity index (χ4v) is 8.28. The number of allylic oxidation sites excluding steroid dienone is 7. The highest BCUT2D eigenvalue weighted by Crippen LogP contribution is 2.58. The van der Waals surface area contributed by atoms with Crippen molar-refractivity contribution in [3.63, 3.8) is 0 Å². The van der Waals surface area contributed by atoms with Crippen molar-refractivity contribution in [1.29, 1.82) is 0 Å². The van der Waals surface area contributed by atoms with Gasteiger partial charge < -0.3 is 28.2 Å². The zero-order valence-corrected chi connectivity index (χ0v) is 33.4. The molecular formula is C39H63O8P. The molecular weight excluding hydrogens is 627 g/mol. The molecule has 1 saturated heterocycles. The van der Waals surface area contributed by atoms with E-state index in [4.69, 9.17) is 37.3 Å². The third kappa shape index (κ3) is 8.40. The Balaban J connectivity index is 1.96. The first-order valence-corrected chi connectivity index (χ1v) is 18.4. The Morgan fingerprint density at radius 3 is 1.83 bits per heavy atom. The maximum atomic E-state index is 7.13. The Bertz CT molecular complexity index is 1330. The lowest BCUT2D eigenvalue weighted by Gasteiger charge is -2.46. The van der Waals surface area contributed by atoms with Gasteiger partial charge in [-0.15, -0.1) is 0 Å². The first-order valence-electron chi connectivity index (χ1n) is 17.3. The molecule has 0 aromatic heterocycles. The van der Waals surface area contributed by atoms with Crippen LogP contribution in [0.3, 0.4) is 0 Å². The molecule has 48 heavy (non-hydrogen) atoms. The van der Waals surface area contributed by atoms with E-state index < -0.39 is 39.3 Å². The zero-order chi connectivity index (χ0) is 36.0. The molecule has 0 aromatic carbocycles. The molecule has 0 radical (unpaired) electrons. The van der Waals surface area contributed by atoms with Crippen LogP contribution in [0.5, 0.6) is 0 Å². The fourth-order valence-electron chi connectivity index (χ4n) is 6.89. The van der Waals surface area contributed by atoms with Gasteiger partial charge in [-0.05, 0) is 51.4 Å². The highest BCUT2D eigenvalue weighted by molar-refractivity contribution is 7.41. The van der Waals surface area contributed by atoms with E-state index in [0.29, 0.717) is 6.61 Å². The third-order valence-corrected chi connectivity index (χ3v) is 10.8. The predicted octanol–water partition coefficient (Wildman–Crippen LogP) is 9.38. The molecule has 2 heterocycles. The second-order valence-corrected chi connectivity index (χ2v) is 18.6. The van der Waals surface area contributed by atoms with E-state index in [0.717, 1.165) is 24.2 Å². The molecule has 2 aliphatic carbocycles. The molecule has 4 aliphatic rings. The Morgan fingerprint density at radius 2 is 1.33 bits per heavy atom. The molecule has 0 aromatic rings. The van der Waals surface area contributed by atoms with Crippen molar-refractivity contribution in [2.24, 2.45) is 21.7 Å². The van der Waals surface area contributed by atoms with Gasteiger partial charge in [0, 0.05) is 39.4 Å². The summed E-state index contributed by atoms with van der Waals surface area (Å²) in [6, 6.07) is 0. The molecule has 0 amide bonds. The molecule has 0 saturated carbocycles. The minimum atomic E-state index is -2.01. The maximum absolute atomic E-state index is 7.13. The van der Waals surface area contributed by atoms with Gasteiger partial charge in [0.25, 0.3) is 0 Å². The van der Waals surface area contributed by atoms with Gasteiger partial charge in [0.1, 0.15) is 36.3 Å². The quantitative estimate of drug-likeness (QED) is 0.245. The van der Waals surface area contributed by atoms with E-state index >= 15 is 0 Å². The van der Waals surface area contributed by atoms with Crippen molar-refractivity contribution in [3.05, 3.63) is 57.4 Å². The molecule has 272 valence electrons. The molecule has 2 aliphatic heterocycles. The van der Waals surface area contributed by atoms with Crippen molar-refractivity contribution < 1.29 is 37.3 Å². The molecule has 0 bridgehead atoms. The van der Waals surface area contributed by atoms with Crippen LogP contribution in [-0.4, -0.2) is 71.9 Å². The van der Waals surface area contributed by atoms with E-state index in [1.54, 1.807) is 28.4 Å². The van der Waals surface area contributed by atoms with E-state index in [2.05, 4.69) is 101 Å². The van der Waals surface area contributed by atoms with E-state index in [-0.39, 0.29) is 27.8 Å². The van der Waals surface area contributed by atoms with Crippen LogP contribution < -0.4 is 0 Å². The molecule has 8 nitrogen and oxygen atoms in total. The average Bonchev–Trinajstić information content (AvgIpc) is 2.96. The lowest BCUT2D eigenvalue weighted by molar-refractivity contribution is -0.294. The van der Waals surface area contributed by atoms with Gasteiger partial charge in [0.05, 0.1) is 6.61 Å². The molecule has 7 atom stereocenters. The van der Waals surface area contributed by atoms with Gasteiger partial charge in [0.2, 0.25) is 0 Å². The largest absolute Gasteiger partial charge is 0.430 e. The highest BCUT2D eigenvalue weighted by atomic mass is 31.2. The normalized spacial score (nSPS) is 32.3. The summed E-state index contributed by atoms with van der Waals surface area (Å²) in [4.78, 5) is 0. The highest BCUT2D eigenvalue weighted by Gasteiger charge is 2.50. The van der Waals surface area contributed by atoms with Crippen LogP contribution in [0.25, 0.3) is 0 Å². The van der Waals surface area contributed by atoms with Gasteiger partial charge in [-0.25, -0.2) is 0 Å². The van der Waals surface area contributed by atoms with Gasteiger partial charge in [-0.2, -0.15) is 0 Å². The molecule has 0 N–H and O–H groups in total. The minimum Gasteiger partial charge on any atom is -0.430 e. The summed E-state index contributed by atoms with van der Waals surface area (Å²) in [6.07, 6.45) is 5.79. The Hall–Kier alpha value is -1.35. The summed E-state index contributed by atoms with van der Waals surface area (Å²) in [5, 5.41) is 0. The van der Waals surface area contributed by atoms with E-state index in [1.165, 1.54) is 27.9 Å². The smallest absolute Gasteiger partial charge is 0.400 e. The zero-order valence-electron chi connectivity index (χ0n) is 32.5. The van der Waals surface area contributed by atoms with Crippen LogP contribution in [0.2, 0.25) is 0 Å². The van der Waals surface area contributed by atoms with E-state index in [9.17, 15) is 0 Å². The first-order chi connectivity index (χ1) is 22.1. The second kappa shape index (κ2) is 14.7. The first kappa shape index (κ1) is 39.4. The van der Waals surface area contributed by atoms with Crippen LogP contribution in [0, 0.1) is 21.7 Å². The summed E-state index contributed by atoms with van der Waals surface area (Å²) in [7, 11) is 4.54. The summed E-state index contributed by atoms with van der Waals surface area (Å²) in [6.45, 7) is 27.3. The standard InChI is InChI=1S/C39H63O8P/c1-36(2,3)23-17-18-25-26-20-24(37(4,5)6)21-28(38(7,8)9)30(26)45-48(46-34(27(25)19-23)39(10,11)12)47-35-33(43-16)32(42-15)31(41-14)29(44-35)22-40-13/h19-21,29-33,35H,17-18,22H2,1-16H3/b26-25-,34-27?/t29-,30?,31-,32+,33-,35?,48?/m1/s1. The molecule has 0 spiro atoms.